The van der Waals surface area contributed by atoms with Crippen LogP contribution in [-0.2, 0) is 22.4 Å². The second-order valence-corrected chi connectivity index (χ2v) is 8.95. The zero-order valence-electron chi connectivity index (χ0n) is 17.7. The first-order valence-corrected chi connectivity index (χ1v) is 11.5. The molecular formula is C23H21ClN4O4S. The quantitative estimate of drug-likeness (QED) is 0.393. The van der Waals surface area contributed by atoms with E-state index in [0.29, 0.717) is 33.1 Å². The lowest BCUT2D eigenvalue weighted by molar-refractivity contribution is -0.120. The molecule has 2 heterocycles. The van der Waals surface area contributed by atoms with Gasteiger partial charge < -0.3 is 20.4 Å². The van der Waals surface area contributed by atoms with Crippen molar-refractivity contribution in [3.8, 4) is 5.75 Å². The molecule has 4 rings (SSSR count). The predicted molar refractivity (Wildman–Crippen MR) is 127 cm³/mol. The number of carbonyl (C=O) groups is 2. The predicted octanol–water partition coefficient (Wildman–Crippen LogP) is 3.06. The van der Waals surface area contributed by atoms with Crippen molar-refractivity contribution in [2.45, 2.75) is 23.2 Å². The fraction of sp³-hybridized carbons (Fsp3) is 0.217. The Morgan fingerprint density at radius 1 is 1.27 bits per heavy atom. The number of halogens is 1. The van der Waals surface area contributed by atoms with E-state index in [-0.39, 0.29) is 24.5 Å². The number of aromatic nitrogens is 2. The van der Waals surface area contributed by atoms with E-state index >= 15 is 0 Å². The summed E-state index contributed by atoms with van der Waals surface area (Å²) in [4.78, 5) is 40.8. The standard InChI is InChI=1S/C23H21ClN4O4S/c1-28-21-20(22(31)27-23(28)33-12-13-3-2-4-15(24)9-13)17(10-19(30)26-21)14-5-7-16(8-6-14)32-11-18(25)29/h2-9,17H,10-12H2,1H3,(H2,25,29)(H,26,30)/t17-/m1/s1. The lowest BCUT2D eigenvalue weighted by atomic mass is 9.87. The van der Waals surface area contributed by atoms with E-state index in [0.717, 1.165) is 11.1 Å². The average Bonchev–Trinajstić information content (AvgIpc) is 2.79. The van der Waals surface area contributed by atoms with Crippen molar-refractivity contribution in [1.29, 1.82) is 0 Å². The smallest absolute Gasteiger partial charge is 0.279 e. The first-order valence-electron chi connectivity index (χ1n) is 10.1. The van der Waals surface area contributed by atoms with E-state index in [9.17, 15) is 14.4 Å². The van der Waals surface area contributed by atoms with E-state index in [1.165, 1.54) is 11.8 Å². The third-order valence-corrected chi connectivity index (χ3v) is 6.56. The van der Waals surface area contributed by atoms with Gasteiger partial charge in [0.05, 0.1) is 5.56 Å². The number of anilines is 1. The molecule has 1 aliphatic rings. The monoisotopic (exact) mass is 484 g/mol. The topological polar surface area (TPSA) is 116 Å². The lowest BCUT2D eigenvalue weighted by Gasteiger charge is -2.27. The fourth-order valence-corrected chi connectivity index (χ4v) is 4.80. The van der Waals surface area contributed by atoms with Crippen LogP contribution in [0.1, 0.15) is 29.0 Å². The van der Waals surface area contributed by atoms with Crippen molar-refractivity contribution < 1.29 is 14.3 Å². The minimum Gasteiger partial charge on any atom is -0.484 e. The van der Waals surface area contributed by atoms with Crippen LogP contribution >= 0.6 is 23.4 Å². The molecule has 0 spiro atoms. The van der Waals surface area contributed by atoms with Gasteiger partial charge in [0.25, 0.3) is 11.5 Å². The maximum absolute atomic E-state index is 13.1. The molecule has 0 saturated carbocycles. The van der Waals surface area contributed by atoms with Crippen LogP contribution in [0, 0.1) is 0 Å². The summed E-state index contributed by atoms with van der Waals surface area (Å²) in [5.74, 6) is 0.279. The van der Waals surface area contributed by atoms with Crippen molar-refractivity contribution in [3.05, 3.63) is 80.6 Å². The number of fused-ring (bicyclic) bond motifs is 1. The fourth-order valence-electron chi connectivity index (χ4n) is 3.67. The number of hydrogen-bond acceptors (Lipinski definition) is 6. The van der Waals surface area contributed by atoms with Gasteiger partial charge in [0, 0.05) is 30.2 Å². The summed E-state index contributed by atoms with van der Waals surface area (Å²) in [6, 6.07) is 14.4. The summed E-state index contributed by atoms with van der Waals surface area (Å²) in [5, 5.41) is 3.97. The zero-order chi connectivity index (χ0) is 23.5. The molecule has 33 heavy (non-hydrogen) atoms. The van der Waals surface area contributed by atoms with Gasteiger partial charge in [-0.2, -0.15) is 4.98 Å². The number of nitrogens with zero attached hydrogens (tertiary/aromatic N) is 2. The number of benzene rings is 2. The average molecular weight is 485 g/mol. The molecule has 2 aromatic carbocycles. The second kappa shape index (κ2) is 9.68. The molecule has 0 bridgehead atoms. The van der Waals surface area contributed by atoms with E-state index in [2.05, 4.69) is 10.3 Å². The number of amides is 2. The minimum absolute atomic E-state index is 0.125. The second-order valence-electron chi connectivity index (χ2n) is 7.57. The van der Waals surface area contributed by atoms with Crippen LogP contribution in [0.3, 0.4) is 0 Å². The molecule has 0 fully saturated rings. The Morgan fingerprint density at radius 3 is 2.73 bits per heavy atom. The highest BCUT2D eigenvalue weighted by molar-refractivity contribution is 7.98. The Balaban J connectivity index is 1.63. The van der Waals surface area contributed by atoms with Gasteiger partial charge in [0.1, 0.15) is 11.6 Å². The molecule has 1 atom stereocenters. The molecule has 0 saturated heterocycles. The van der Waals surface area contributed by atoms with Gasteiger partial charge in [-0.3, -0.25) is 14.4 Å². The Kier molecular flexibility index (Phi) is 6.71. The van der Waals surface area contributed by atoms with Crippen LogP contribution in [0.5, 0.6) is 5.75 Å². The number of rotatable bonds is 7. The van der Waals surface area contributed by atoms with E-state index in [4.69, 9.17) is 22.1 Å². The molecule has 0 aliphatic carbocycles. The largest absolute Gasteiger partial charge is 0.484 e. The number of carbonyl (C=O) groups excluding carboxylic acids is 2. The molecule has 1 aromatic heterocycles. The number of nitrogens with two attached hydrogens (primary N) is 1. The third-order valence-electron chi connectivity index (χ3n) is 5.22. The minimum atomic E-state index is -0.574. The van der Waals surface area contributed by atoms with Crippen molar-refractivity contribution >= 4 is 41.0 Å². The van der Waals surface area contributed by atoms with Gasteiger partial charge in [-0.25, -0.2) is 0 Å². The van der Waals surface area contributed by atoms with Crippen LogP contribution in [0.15, 0.2) is 58.5 Å². The molecule has 8 nitrogen and oxygen atoms in total. The van der Waals surface area contributed by atoms with E-state index < -0.39 is 11.8 Å². The highest BCUT2D eigenvalue weighted by Gasteiger charge is 2.32. The Morgan fingerprint density at radius 2 is 2.03 bits per heavy atom. The summed E-state index contributed by atoms with van der Waals surface area (Å²) in [7, 11) is 1.77. The molecule has 0 radical (unpaired) electrons. The lowest BCUT2D eigenvalue weighted by Crippen LogP contribution is -2.33. The normalized spacial score (nSPS) is 15.0. The zero-order valence-corrected chi connectivity index (χ0v) is 19.3. The van der Waals surface area contributed by atoms with Crippen molar-refractivity contribution in [3.63, 3.8) is 0 Å². The van der Waals surface area contributed by atoms with Crippen molar-refractivity contribution in [2.75, 3.05) is 11.9 Å². The van der Waals surface area contributed by atoms with Gasteiger partial charge in [-0.15, -0.1) is 0 Å². The van der Waals surface area contributed by atoms with Crippen molar-refractivity contribution in [1.82, 2.24) is 9.55 Å². The number of nitrogens with one attached hydrogen (secondary N) is 1. The molecule has 170 valence electrons. The van der Waals surface area contributed by atoms with Gasteiger partial charge >= 0.3 is 0 Å². The number of primary amides is 1. The van der Waals surface area contributed by atoms with Gasteiger partial charge in [0.2, 0.25) is 5.91 Å². The summed E-state index contributed by atoms with van der Waals surface area (Å²) >= 11 is 7.44. The van der Waals surface area contributed by atoms with Gasteiger partial charge in [-0.1, -0.05) is 47.6 Å². The molecule has 3 aromatic rings. The summed E-state index contributed by atoms with van der Waals surface area (Å²) in [6.07, 6.45) is 0.125. The Bertz CT molecular complexity index is 1280. The summed E-state index contributed by atoms with van der Waals surface area (Å²) in [5.41, 5.74) is 6.93. The molecule has 0 unspecified atom stereocenters. The van der Waals surface area contributed by atoms with E-state index in [1.54, 1.807) is 41.9 Å². The van der Waals surface area contributed by atoms with Crippen LogP contribution in [-0.4, -0.2) is 28.0 Å². The maximum Gasteiger partial charge on any atom is 0.279 e. The number of thioether (sulfide) groups is 1. The van der Waals surface area contributed by atoms with Crippen molar-refractivity contribution in [2.24, 2.45) is 12.8 Å². The molecule has 1 aliphatic heterocycles. The van der Waals surface area contributed by atoms with Crippen LogP contribution < -0.4 is 21.3 Å². The number of hydrogen-bond donors (Lipinski definition) is 2. The van der Waals surface area contributed by atoms with Crippen LogP contribution in [0.25, 0.3) is 0 Å². The highest BCUT2D eigenvalue weighted by Crippen LogP contribution is 2.36. The third kappa shape index (κ3) is 5.20. The first-order chi connectivity index (χ1) is 15.8. The van der Waals surface area contributed by atoms with E-state index in [1.807, 2.05) is 18.2 Å². The highest BCUT2D eigenvalue weighted by atomic mass is 35.5. The Labute approximate surface area is 199 Å². The maximum atomic E-state index is 13.1. The molecule has 2 amide bonds. The van der Waals surface area contributed by atoms with Gasteiger partial charge in [-0.05, 0) is 35.4 Å². The van der Waals surface area contributed by atoms with Crippen LogP contribution in [0.2, 0.25) is 5.02 Å². The molecule has 10 heteroatoms. The molecular weight excluding hydrogens is 464 g/mol. The summed E-state index contributed by atoms with van der Waals surface area (Å²) < 4.78 is 7.02. The van der Waals surface area contributed by atoms with Gasteiger partial charge in [0.15, 0.2) is 11.8 Å². The molecule has 3 N–H and O–H groups in total. The first kappa shape index (κ1) is 22.9. The number of ether oxygens (including phenoxy) is 1. The van der Waals surface area contributed by atoms with Crippen LogP contribution in [0.4, 0.5) is 5.82 Å². The Hall–Kier alpha value is -3.30. The summed E-state index contributed by atoms with van der Waals surface area (Å²) in [6.45, 7) is -0.228. The SMILES string of the molecule is Cn1c(SCc2cccc(Cl)c2)nc(=O)c2c1NC(=O)C[C@@H]2c1ccc(OCC(N)=O)cc1.